The van der Waals surface area contributed by atoms with Crippen molar-refractivity contribution >= 4 is 23.2 Å². The molecule has 1 aromatic carbocycles. The van der Waals surface area contributed by atoms with Crippen LogP contribution in [0.2, 0.25) is 5.02 Å². The van der Waals surface area contributed by atoms with Crippen molar-refractivity contribution in [3.63, 3.8) is 0 Å². The molecule has 3 rings (SSSR count). The largest absolute Gasteiger partial charge is 0.477 e. The topological polar surface area (TPSA) is 54.6 Å². The molecular weight excluding hydrogens is 288 g/mol. The van der Waals surface area contributed by atoms with Gasteiger partial charge >= 0.3 is 5.97 Å². The van der Waals surface area contributed by atoms with Crippen LogP contribution in [0.15, 0.2) is 42.6 Å². The van der Waals surface area contributed by atoms with Crippen LogP contribution >= 0.6 is 11.6 Å². The Hall–Kier alpha value is -2.33. The zero-order valence-corrected chi connectivity index (χ0v) is 12.1. The molecule has 1 N–H and O–H groups in total. The number of benzene rings is 1. The van der Waals surface area contributed by atoms with Gasteiger partial charge in [-0.15, -0.1) is 0 Å². The average Bonchev–Trinajstić information content (AvgIpc) is 2.81. The lowest BCUT2D eigenvalue weighted by molar-refractivity contribution is 0.0688. The van der Waals surface area contributed by atoms with E-state index in [2.05, 4.69) is 4.98 Å². The van der Waals surface area contributed by atoms with E-state index >= 15 is 0 Å². The molecule has 2 aromatic heterocycles. The molecule has 4 nitrogen and oxygen atoms in total. The molecule has 0 atom stereocenters. The highest BCUT2D eigenvalue weighted by Gasteiger charge is 2.19. The summed E-state index contributed by atoms with van der Waals surface area (Å²) in [7, 11) is 0. The zero-order chi connectivity index (χ0) is 15.0. The van der Waals surface area contributed by atoms with E-state index in [-0.39, 0.29) is 5.69 Å². The fourth-order valence-corrected chi connectivity index (χ4v) is 2.52. The minimum atomic E-state index is -0.975. The molecule has 0 aliphatic carbocycles. The molecule has 0 bridgehead atoms. The molecule has 3 aromatic rings. The Morgan fingerprint density at radius 2 is 2.00 bits per heavy atom. The molecule has 0 aliphatic heterocycles. The molecule has 0 radical (unpaired) electrons. The number of rotatable bonds is 3. The zero-order valence-electron chi connectivity index (χ0n) is 11.4. The Kier molecular flexibility index (Phi) is 3.39. The highest BCUT2D eigenvalue weighted by molar-refractivity contribution is 6.30. The maximum atomic E-state index is 11.6. The second-order valence-corrected chi connectivity index (χ2v) is 5.34. The first kappa shape index (κ1) is 13.6. The third-order valence-corrected chi connectivity index (χ3v) is 3.66. The minimum Gasteiger partial charge on any atom is -0.477 e. The van der Waals surface area contributed by atoms with Crippen molar-refractivity contribution in [2.75, 3.05) is 0 Å². The van der Waals surface area contributed by atoms with Gasteiger partial charge in [-0.3, -0.25) is 4.40 Å². The van der Waals surface area contributed by atoms with Crippen LogP contribution in [-0.2, 0) is 6.42 Å². The first-order valence-corrected chi connectivity index (χ1v) is 6.88. The number of aromatic carboxylic acids is 1. The smallest absolute Gasteiger partial charge is 0.354 e. The van der Waals surface area contributed by atoms with E-state index in [0.29, 0.717) is 22.8 Å². The third kappa shape index (κ3) is 2.50. The summed E-state index contributed by atoms with van der Waals surface area (Å²) in [6, 6.07) is 11.1. The van der Waals surface area contributed by atoms with Gasteiger partial charge in [0.2, 0.25) is 0 Å². The Labute approximate surface area is 126 Å². The second kappa shape index (κ2) is 5.22. The van der Waals surface area contributed by atoms with Gasteiger partial charge in [-0.1, -0.05) is 29.8 Å². The van der Waals surface area contributed by atoms with Crippen LogP contribution in [0.25, 0.3) is 5.65 Å². The van der Waals surface area contributed by atoms with Gasteiger partial charge in [-0.05, 0) is 36.2 Å². The lowest BCUT2D eigenvalue weighted by Crippen LogP contribution is -2.06. The number of hydrogen-bond acceptors (Lipinski definition) is 2. The van der Waals surface area contributed by atoms with Crippen LogP contribution < -0.4 is 0 Å². The summed E-state index contributed by atoms with van der Waals surface area (Å²) in [5, 5.41) is 10.1. The van der Waals surface area contributed by atoms with Crippen LogP contribution in [0.3, 0.4) is 0 Å². The summed E-state index contributed by atoms with van der Waals surface area (Å²) in [6.07, 6.45) is 2.18. The molecule has 0 unspecified atom stereocenters. The number of carboxylic acid groups (broad SMARTS) is 1. The number of nitrogens with zero attached hydrogens (tertiary/aromatic N) is 2. The predicted octanol–water partition coefficient (Wildman–Crippen LogP) is 3.59. The summed E-state index contributed by atoms with van der Waals surface area (Å²) in [4.78, 5) is 16.1. The molecule has 21 heavy (non-hydrogen) atoms. The normalized spacial score (nSPS) is 11.0. The molecule has 0 fully saturated rings. The van der Waals surface area contributed by atoms with Crippen LogP contribution in [-0.4, -0.2) is 20.5 Å². The summed E-state index contributed by atoms with van der Waals surface area (Å²) in [5.41, 5.74) is 3.37. The van der Waals surface area contributed by atoms with E-state index in [4.69, 9.17) is 11.6 Å². The van der Waals surface area contributed by atoms with Gasteiger partial charge in [-0.25, -0.2) is 9.78 Å². The molecule has 2 heterocycles. The fourth-order valence-electron chi connectivity index (χ4n) is 2.40. The van der Waals surface area contributed by atoms with Gasteiger partial charge in [0.05, 0.1) is 5.69 Å². The highest BCUT2D eigenvalue weighted by Crippen LogP contribution is 2.20. The monoisotopic (exact) mass is 300 g/mol. The third-order valence-electron chi connectivity index (χ3n) is 3.40. The molecule has 5 heteroatoms. The summed E-state index contributed by atoms with van der Waals surface area (Å²) in [6.45, 7) is 1.92. The number of carboxylic acids is 1. The van der Waals surface area contributed by atoms with E-state index in [9.17, 15) is 9.90 Å². The van der Waals surface area contributed by atoms with Gasteiger partial charge in [0.25, 0.3) is 0 Å². The van der Waals surface area contributed by atoms with Gasteiger partial charge in [0.15, 0.2) is 5.69 Å². The van der Waals surface area contributed by atoms with E-state index in [1.807, 2.05) is 31.2 Å². The quantitative estimate of drug-likeness (QED) is 0.804. The van der Waals surface area contributed by atoms with Gasteiger partial charge in [0, 0.05) is 17.6 Å². The Bertz CT molecular complexity index is 822. The predicted molar refractivity (Wildman–Crippen MR) is 81.1 cm³/mol. The number of carbonyl (C=O) groups is 1. The minimum absolute atomic E-state index is 0.212. The number of aryl methyl sites for hydroxylation is 1. The number of fused-ring (bicyclic) bond motifs is 1. The SMILES string of the molecule is Cc1cccn2c(C(=O)O)c(Cc3ccc(Cl)cc3)nc12. The number of pyridine rings is 1. The number of halogens is 1. The Morgan fingerprint density at radius 3 is 2.67 bits per heavy atom. The molecular formula is C16H13ClN2O2. The summed E-state index contributed by atoms with van der Waals surface area (Å²) in [5.74, 6) is -0.975. The first-order valence-electron chi connectivity index (χ1n) is 6.50. The van der Waals surface area contributed by atoms with Gasteiger partial charge in [0.1, 0.15) is 5.65 Å². The van der Waals surface area contributed by atoms with Crippen LogP contribution in [0.1, 0.15) is 27.3 Å². The Morgan fingerprint density at radius 1 is 1.29 bits per heavy atom. The second-order valence-electron chi connectivity index (χ2n) is 4.90. The molecule has 0 saturated heterocycles. The number of imidazole rings is 1. The molecule has 0 amide bonds. The average molecular weight is 301 g/mol. The van der Waals surface area contributed by atoms with Gasteiger partial charge < -0.3 is 5.11 Å². The number of aromatic nitrogens is 2. The summed E-state index contributed by atoms with van der Waals surface area (Å²) < 4.78 is 1.63. The summed E-state index contributed by atoms with van der Waals surface area (Å²) >= 11 is 5.87. The van der Waals surface area contributed by atoms with E-state index in [1.165, 1.54) is 0 Å². The first-order chi connectivity index (χ1) is 10.1. The van der Waals surface area contributed by atoms with Crippen molar-refractivity contribution in [2.24, 2.45) is 0 Å². The maximum absolute atomic E-state index is 11.6. The standard InChI is InChI=1S/C16H13ClN2O2/c1-10-3-2-8-19-14(16(20)21)13(18-15(10)19)9-11-4-6-12(17)7-5-11/h2-8H,9H2,1H3,(H,20,21). The highest BCUT2D eigenvalue weighted by atomic mass is 35.5. The lowest BCUT2D eigenvalue weighted by Gasteiger charge is -2.01. The van der Waals surface area contributed by atoms with Crippen molar-refractivity contribution in [2.45, 2.75) is 13.3 Å². The van der Waals surface area contributed by atoms with E-state index in [1.54, 1.807) is 22.7 Å². The lowest BCUT2D eigenvalue weighted by atomic mass is 10.1. The number of hydrogen-bond donors (Lipinski definition) is 1. The van der Waals surface area contributed by atoms with Crippen LogP contribution in [0, 0.1) is 6.92 Å². The molecule has 106 valence electrons. The van der Waals surface area contributed by atoms with E-state index < -0.39 is 5.97 Å². The molecule has 0 spiro atoms. The van der Waals surface area contributed by atoms with E-state index in [0.717, 1.165) is 11.1 Å². The van der Waals surface area contributed by atoms with Crippen molar-refractivity contribution in [1.82, 2.24) is 9.38 Å². The van der Waals surface area contributed by atoms with Crippen LogP contribution in [0.5, 0.6) is 0 Å². The van der Waals surface area contributed by atoms with Crippen molar-refractivity contribution < 1.29 is 9.90 Å². The van der Waals surface area contributed by atoms with Gasteiger partial charge in [-0.2, -0.15) is 0 Å². The van der Waals surface area contributed by atoms with Crippen molar-refractivity contribution in [1.29, 1.82) is 0 Å². The maximum Gasteiger partial charge on any atom is 0.354 e. The molecule has 0 saturated carbocycles. The Balaban J connectivity index is 2.13. The molecule has 0 aliphatic rings. The van der Waals surface area contributed by atoms with Crippen LogP contribution in [0.4, 0.5) is 0 Å². The van der Waals surface area contributed by atoms with Crippen molar-refractivity contribution in [3.05, 3.63) is 70.1 Å². The van der Waals surface area contributed by atoms with Crippen molar-refractivity contribution in [3.8, 4) is 0 Å². The fraction of sp³-hybridized carbons (Fsp3) is 0.125.